The van der Waals surface area contributed by atoms with Crippen molar-refractivity contribution in [1.29, 1.82) is 0 Å². The summed E-state index contributed by atoms with van der Waals surface area (Å²) < 4.78 is 16.6. The Morgan fingerprint density at radius 3 is 2.59 bits per heavy atom. The van der Waals surface area contributed by atoms with Crippen molar-refractivity contribution >= 4 is 28.7 Å². The van der Waals surface area contributed by atoms with E-state index in [1.807, 2.05) is 6.07 Å². The zero-order valence-electron chi connectivity index (χ0n) is 18.2. The van der Waals surface area contributed by atoms with E-state index in [-0.39, 0.29) is 42.4 Å². The number of carboxylic acids is 1. The molecule has 34 heavy (non-hydrogen) atoms. The smallest absolute Gasteiger partial charge is 0.357 e. The highest BCUT2D eigenvalue weighted by Gasteiger charge is 2.60. The monoisotopic (exact) mass is 462 g/mol. The van der Waals surface area contributed by atoms with Crippen molar-refractivity contribution in [3.8, 4) is 0 Å². The van der Waals surface area contributed by atoms with Crippen molar-refractivity contribution in [2.24, 2.45) is 5.92 Å². The van der Waals surface area contributed by atoms with Gasteiger partial charge in [0.2, 0.25) is 11.8 Å². The van der Waals surface area contributed by atoms with Crippen LogP contribution in [0.2, 0.25) is 0 Å². The number of amides is 2. The Morgan fingerprint density at radius 2 is 1.82 bits per heavy atom. The van der Waals surface area contributed by atoms with Crippen LogP contribution in [0.4, 0.5) is 4.39 Å². The number of aromatic carboxylic acids is 1. The molecule has 2 aromatic carbocycles. The molecule has 5 atom stereocenters. The Kier molecular flexibility index (Phi) is 4.52. The molecule has 0 unspecified atom stereocenters. The number of likely N-dealkylation sites (tertiary alicyclic amines) is 1. The summed E-state index contributed by atoms with van der Waals surface area (Å²) in [5, 5.41) is 16.9. The predicted octanol–water partition coefficient (Wildman–Crippen LogP) is 2.48. The van der Waals surface area contributed by atoms with Gasteiger partial charge >= 0.3 is 5.97 Å². The number of carbonyl (C=O) groups excluding carboxylic acids is 2. The first-order chi connectivity index (χ1) is 16.4. The summed E-state index contributed by atoms with van der Waals surface area (Å²) in [5.74, 6) is -1.52. The first kappa shape index (κ1) is 20.8. The van der Waals surface area contributed by atoms with Gasteiger partial charge in [-0.3, -0.25) is 14.3 Å². The van der Waals surface area contributed by atoms with Crippen molar-refractivity contribution in [2.75, 3.05) is 0 Å². The maximum atomic E-state index is 15.2. The molecule has 2 aliphatic carbocycles. The lowest BCUT2D eigenvalue weighted by molar-refractivity contribution is -0.140. The van der Waals surface area contributed by atoms with Crippen LogP contribution >= 0.6 is 0 Å². The highest BCUT2D eigenvalue weighted by Crippen LogP contribution is 2.51. The summed E-state index contributed by atoms with van der Waals surface area (Å²) >= 11 is 0. The minimum absolute atomic E-state index is 0.00696. The van der Waals surface area contributed by atoms with Gasteiger partial charge in [0.05, 0.1) is 11.6 Å². The van der Waals surface area contributed by atoms with Crippen LogP contribution < -0.4 is 5.32 Å². The molecule has 1 aromatic heterocycles. The molecular formula is C25H23FN4O4. The largest absolute Gasteiger partial charge is 0.476 e. The Labute approximate surface area is 194 Å². The van der Waals surface area contributed by atoms with E-state index in [4.69, 9.17) is 0 Å². The van der Waals surface area contributed by atoms with Crippen molar-refractivity contribution in [3.05, 3.63) is 65.9 Å². The Bertz CT molecular complexity index is 1320. The normalized spacial score (nSPS) is 29.0. The Morgan fingerprint density at radius 1 is 1.09 bits per heavy atom. The van der Waals surface area contributed by atoms with Gasteiger partial charge in [0.15, 0.2) is 11.4 Å². The number of benzene rings is 2. The molecule has 6 rings (SSSR count). The Hall–Kier alpha value is -3.75. The highest BCUT2D eigenvalue weighted by atomic mass is 19.1. The molecule has 3 fully saturated rings. The van der Waals surface area contributed by atoms with Crippen LogP contribution in [0.5, 0.6) is 0 Å². The second-order valence-corrected chi connectivity index (χ2v) is 9.44. The minimum atomic E-state index is -1.57. The number of nitrogens with zero attached hydrogens (tertiary/aromatic N) is 3. The second-order valence-electron chi connectivity index (χ2n) is 9.44. The third-order valence-electron chi connectivity index (χ3n) is 7.30. The SMILES string of the molecule is O=C(O)c1nn(CC(=O)N2[C@@H]3C[C@@H]3C[C@H]2C(=O)N[C@H]2C[C@]2(F)c2ccccc2)c2ccccc12. The molecule has 9 heteroatoms. The molecule has 8 nitrogen and oxygen atoms in total. The fraction of sp³-hybridized carbons (Fsp3) is 0.360. The van der Waals surface area contributed by atoms with Gasteiger partial charge in [0.25, 0.3) is 0 Å². The average molecular weight is 462 g/mol. The number of nitrogens with one attached hydrogen (secondary N) is 1. The number of hydrogen-bond donors (Lipinski definition) is 2. The first-order valence-corrected chi connectivity index (χ1v) is 11.4. The molecule has 0 spiro atoms. The van der Waals surface area contributed by atoms with Crippen LogP contribution in [0.15, 0.2) is 54.6 Å². The number of fused-ring (bicyclic) bond motifs is 2. The number of carbonyl (C=O) groups is 3. The van der Waals surface area contributed by atoms with Gasteiger partial charge in [-0.2, -0.15) is 5.10 Å². The number of halogens is 1. The standard InChI is InChI=1S/C25H23FN4O4/c26-25(15-6-2-1-3-7-15)12-20(25)27-23(32)19-11-14-10-18(14)30(19)21(31)13-29-17-9-5-4-8-16(17)22(28-29)24(33)34/h1-9,14,18-20H,10-13H2,(H,27,32)(H,33,34)/t14-,18-,19+,20+,25+/m1/s1. The van der Waals surface area contributed by atoms with Gasteiger partial charge in [-0.25, -0.2) is 9.18 Å². The van der Waals surface area contributed by atoms with Crippen LogP contribution in [0.1, 0.15) is 35.3 Å². The summed E-state index contributed by atoms with van der Waals surface area (Å²) in [6.07, 6.45) is 1.61. The number of rotatable bonds is 6. The van der Waals surface area contributed by atoms with Crippen LogP contribution in [0.3, 0.4) is 0 Å². The summed E-state index contributed by atoms with van der Waals surface area (Å²) in [6.45, 7) is -0.165. The molecule has 3 aromatic rings. The lowest BCUT2D eigenvalue weighted by Gasteiger charge is -2.27. The number of piperidine rings is 1. The molecule has 1 saturated heterocycles. The number of carboxylic acid groups (broad SMARTS) is 1. The number of para-hydroxylation sites is 1. The summed E-state index contributed by atoms with van der Waals surface area (Å²) in [6, 6.07) is 14.4. The van der Waals surface area contributed by atoms with E-state index >= 15 is 4.39 Å². The van der Waals surface area contributed by atoms with E-state index < -0.39 is 23.7 Å². The molecule has 174 valence electrons. The summed E-state index contributed by atoms with van der Waals surface area (Å²) in [4.78, 5) is 39.6. The van der Waals surface area contributed by atoms with E-state index in [0.717, 1.165) is 6.42 Å². The maximum absolute atomic E-state index is 15.2. The number of alkyl halides is 1. The molecule has 0 bridgehead atoms. The van der Waals surface area contributed by atoms with E-state index in [0.29, 0.717) is 22.9 Å². The topological polar surface area (TPSA) is 105 Å². The second kappa shape index (κ2) is 7.38. The van der Waals surface area contributed by atoms with E-state index in [2.05, 4.69) is 10.4 Å². The molecule has 2 saturated carbocycles. The van der Waals surface area contributed by atoms with Crippen LogP contribution in [0, 0.1) is 5.92 Å². The van der Waals surface area contributed by atoms with Crippen LogP contribution in [0.25, 0.3) is 10.9 Å². The molecule has 2 amide bonds. The quantitative estimate of drug-likeness (QED) is 0.586. The van der Waals surface area contributed by atoms with Gasteiger partial charge in [-0.15, -0.1) is 0 Å². The van der Waals surface area contributed by atoms with Crippen molar-refractivity contribution < 1.29 is 23.9 Å². The van der Waals surface area contributed by atoms with E-state index in [1.54, 1.807) is 53.4 Å². The fourth-order valence-electron chi connectivity index (χ4n) is 5.37. The van der Waals surface area contributed by atoms with Gasteiger partial charge < -0.3 is 15.3 Å². The molecule has 0 radical (unpaired) electrons. The van der Waals surface area contributed by atoms with Crippen molar-refractivity contribution in [1.82, 2.24) is 20.0 Å². The zero-order chi connectivity index (χ0) is 23.6. The lowest BCUT2D eigenvalue weighted by atomic mass is 10.1. The number of hydrogen-bond acceptors (Lipinski definition) is 4. The third-order valence-corrected chi connectivity index (χ3v) is 7.30. The van der Waals surface area contributed by atoms with Gasteiger partial charge in [-0.1, -0.05) is 48.5 Å². The van der Waals surface area contributed by atoms with E-state index in [1.165, 1.54) is 4.68 Å². The lowest BCUT2D eigenvalue weighted by Crippen LogP contribution is -2.50. The average Bonchev–Trinajstić information content (AvgIpc) is 3.65. The maximum Gasteiger partial charge on any atom is 0.357 e. The van der Waals surface area contributed by atoms with Crippen molar-refractivity contribution in [2.45, 2.75) is 49.6 Å². The minimum Gasteiger partial charge on any atom is -0.476 e. The van der Waals surface area contributed by atoms with Crippen LogP contribution in [-0.4, -0.2) is 55.7 Å². The first-order valence-electron chi connectivity index (χ1n) is 11.4. The van der Waals surface area contributed by atoms with Gasteiger partial charge in [-0.05, 0) is 30.4 Å². The highest BCUT2D eigenvalue weighted by molar-refractivity contribution is 6.01. The molecule has 2 heterocycles. The fourth-order valence-corrected chi connectivity index (χ4v) is 5.37. The summed E-state index contributed by atoms with van der Waals surface area (Å²) in [7, 11) is 0. The third kappa shape index (κ3) is 3.26. The van der Waals surface area contributed by atoms with Gasteiger partial charge in [0.1, 0.15) is 12.6 Å². The van der Waals surface area contributed by atoms with Gasteiger partial charge in [0, 0.05) is 17.8 Å². The molecular weight excluding hydrogens is 439 g/mol. The number of aromatic nitrogens is 2. The molecule has 1 aliphatic heterocycles. The summed E-state index contributed by atoms with van der Waals surface area (Å²) in [5.41, 5.74) is -0.599. The zero-order valence-corrected chi connectivity index (χ0v) is 18.2. The predicted molar refractivity (Wildman–Crippen MR) is 120 cm³/mol. The van der Waals surface area contributed by atoms with Crippen LogP contribution in [-0.2, 0) is 21.8 Å². The molecule has 2 N–H and O–H groups in total. The van der Waals surface area contributed by atoms with E-state index in [9.17, 15) is 19.5 Å². The Balaban J connectivity index is 1.19. The van der Waals surface area contributed by atoms with Crippen molar-refractivity contribution in [3.63, 3.8) is 0 Å². The molecule has 3 aliphatic rings.